The molecule has 2 aliphatic heterocycles. The fraction of sp³-hybridized carbons (Fsp3) is 0.909. The van der Waals surface area contributed by atoms with Crippen LogP contribution in [0.3, 0.4) is 0 Å². The number of rotatable bonds is 2. The van der Waals surface area contributed by atoms with Crippen LogP contribution in [0.5, 0.6) is 0 Å². The van der Waals surface area contributed by atoms with Gasteiger partial charge in [-0.2, -0.15) is 0 Å². The molecule has 3 nitrogen and oxygen atoms in total. The average molecular weight is 199 g/mol. The summed E-state index contributed by atoms with van der Waals surface area (Å²) in [6.07, 6.45) is 5.02. The van der Waals surface area contributed by atoms with Crippen molar-refractivity contribution < 1.29 is 9.90 Å². The molecule has 2 aliphatic rings. The second kappa shape index (κ2) is 5.35. The third-order valence-corrected chi connectivity index (χ3v) is 3.03. The Bertz CT molecular complexity index is 182. The molecule has 2 fully saturated rings. The van der Waals surface area contributed by atoms with Gasteiger partial charge in [0.15, 0.2) is 0 Å². The lowest BCUT2D eigenvalue weighted by Gasteiger charge is -2.27. The van der Waals surface area contributed by atoms with Gasteiger partial charge >= 0.3 is 5.97 Å². The first-order valence-corrected chi connectivity index (χ1v) is 5.72. The highest BCUT2D eigenvalue weighted by Gasteiger charge is 2.33. The Hall–Kier alpha value is -0.570. The highest BCUT2D eigenvalue weighted by molar-refractivity contribution is 5.67. The Balaban J connectivity index is 0.000000461. The number of carboxylic acids is 1. The van der Waals surface area contributed by atoms with E-state index in [4.69, 9.17) is 5.11 Å². The van der Waals surface area contributed by atoms with Crippen LogP contribution in [0.2, 0.25) is 0 Å². The number of fused-ring (bicyclic) bond motifs is 2. The molecule has 0 saturated carbocycles. The summed E-state index contributed by atoms with van der Waals surface area (Å²) >= 11 is 0. The minimum Gasteiger partial charge on any atom is -0.481 e. The highest BCUT2D eigenvalue weighted by Crippen LogP contribution is 2.32. The molecule has 0 aliphatic carbocycles. The summed E-state index contributed by atoms with van der Waals surface area (Å²) in [6, 6.07) is 1.24. The van der Waals surface area contributed by atoms with Gasteiger partial charge in [0.2, 0.25) is 0 Å². The molecule has 3 heteroatoms. The third kappa shape index (κ3) is 2.98. The zero-order valence-electron chi connectivity index (χ0n) is 9.12. The zero-order valence-corrected chi connectivity index (χ0v) is 9.12. The Morgan fingerprint density at radius 3 is 2.21 bits per heavy atom. The summed E-state index contributed by atoms with van der Waals surface area (Å²) in [5, 5.41) is 12.1. The van der Waals surface area contributed by atoms with Crippen molar-refractivity contribution in [3.63, 3.8) is 0 Å². The highest BCUT2D eigenvalue weighted by atomic mass is 16.4. The van der Waals surface area contributed by atoms with E-state index in [9.17, 15) is 4.79 Å². The molecule has 2 heterocycles. The summed E-state index contributed by atoms with van der Waals surface area (Å²) in [5.74, 6) is -0.206. The summed E-state index contributed by atoms with van der Waals surface area (Å²) < 4.78 is 0. The SMILES string of the molecule is CC.O=C(O)CC1CC2CCC(C1)N2. The van der Waals surface area contributed by atoms with Gasteiger partial charge in [0.25, 0.3) is 0 Å². The largest absolute Gasteiger partial charge is 0.481 e. The minimum atomic E-state index is -0.638. The molecule has 2 rings (SSSR count). The maximum atomic E-state index is 10.5. The van der Waals surface area contributed by atoms with Crippen LogP contribution in [0.4, 0.5) is 0 Å². The molecule has 2 saturated heterocycles. The minimum absolute atomic E-state index is 0.370. The first kappa shape index (κ1) is 11.5. The number of piperidine rings is 1. The molecule has 2 N–H and O–H groups in total. The lowest BCUT2D eigenvalue weighted by molar-refractivity contribution is -0.138. The van der Waals surface area contributed by atoms with Gasteiger partial charge < -0.3 is 10.4 Å². The first-order valence-electron chi connectivity index (χ1n) is 5.72. The van der Waals surface area contributed by atoms with Crippen LogP contribution < -0.4 is 5.32 Å². The van der Waals surface area contributed by atoms with E-state index >= 15 is 0 Å². The molecule has 0 aromatic rings. The van der Waals surface area contributed by atoms with E-state index in [0.29, 0.717) is 24.4 Å². The number of aliphatic carboxylic acids is 1. The second-order valence-electron chi connectivity index (χ2n) is 4.07. The predicted molar refractivity (Wildman–Crippen MR) is 56.3 cm³/mol. The topological polar surface area (TPSA) is 49.3 Å². The number of carbonyl (C=O) groups is 1. The molecule has 0 radical (unpaired) electrons. The molecule has 2 atom stereocenters. The van der Waals surface area contributed by atoms with Crippen molar-refractivity contribution in [3.8, 4) is 0 Å². The van der Waals surface area contributed by atoms with Crippen molar-refractivity contribution in [2.45, 2.75) is 58.0 Å². The van der Waals surface area contributed by atoms with Crippen molar-refractivity contribution in [2.24, 2.45) is 5.92 Å². The lowest BCUT2D eigenvalue weighted by Crippen LogP contribution is -2.38. The molecule has 2 unspecified atom stereocenters. The van der Waals surface area contributed by atoms with Crippen LogP contribution in [0.25, 0.3) is 0 Å². The van der Waals surface area contributed by atoms with Gasteiger partial charge in [-0.3, -0.25) is 4.79 Å². The van der Waals surface area contributed by atoms with E-state index in [1.54, 1.807) is 0 Å². The molecule has 0 spiro atoms. The number of hydrogen-bond acceptors (Lipinski definition) is 2. The molecular formula is C11H21NO2. The monoisotopic (exact) mass is 199 g/mol. The number of hydrogen-bond donors (Lipinski definition) is 2. The first-order chi connectivity index (χ1) is 6.74. The summed E-state index contributed by atoms with van der Waals surface area (Å²) in [5.41, 5.74) is 0. The van der Waals surface area contributed by atoms with E-state index in [1.807, 2.05) is 13.8 Å². The maximum absolute atomic E-state index is 10.5. The van der Waals surface area contributed by atoms with E-state index in [2.05, 4.69) is 5.32 Å². The van der Waals surface area contributed by atoms with Crippen LogP contribution in [0.15, 0.2) is 0 Å². The van der Waals surface area contributed by atoms with Crippen LogP contribution in [0.1, 0.15) is 46.0 Å². The van der Waals surface area contributed by atoms with E-state index in [-0.39, 0.29) is 0 Å². The van der Waals surface area contributed by atoms with Crippen LogP contribution >= 0.6 is 0 Å². The van der Waals surface area contributed by atoms with Gasteiger partial charge in [0, 0.05) is 18.5 Å². The molecule has 82 valence electrons. The Morgan fingerprint density at radius 1 is 1.29 bits per heavy atom. The van der Waals surface area contributed by atoms with E-state index in [0.717, 1.165) is 12.8 Å². The standard InChI is InChI=1S/C9H15NO2.C2H6/c11-9(12)5-6-3-7-1-2-8(4-6)10-7;1-2/h6-8,10H,1-5H2,(H,11,12);1-2H3. The van der Waals surface area contributed by atoms with Crippen molar-refractivity contribution in [1.29, 1.82) is 0 Å². The molecule has 0 aromatic carbocycles. The van der Waals surface area contributed by atoms with Crippen molar-refractivity contribution >= 4 is 5.97 Å². The van der Waals surface area contributed by atoms with Crippen molar-refractivity contribution in [3.05, 3.63) is 0 Å². The molecule has 2 bridgehead atoms. The maximum Gasteiger partial charge on any atom is 0.303 e. The summed E-state index contributed by atoms with van der Waals surface area (Å²) in [7, 11) is 0. The fourth-order valence-corrected chi connectivity index (χ4v) is 2.59. The lowest BCUT2D eigenvalue weighted by atomic mass is 9.90. The Kier molecular flexibility index (Phi) is 4.39. The Morgan fingerprint density at radius 2 is 1.79 bits per heavy atom. The summed E-state index contributed by atoms with van der Waals surface area (Å²) in [6.45, 7) is 4.00. The zero-order chi connectivity index (χ0) is 10.6. The number of carboxylic acid groups (broad SMARTS) is 1. The number of nitrogens with one attached hydrogen (secondary N) is 1. The normalized spacial score (nSPS) is 34.6. The molecule has 14 heavy (non-hydrogen) atoms. The van der Waals surface area contributed by atoms with Gasteiger partial charge in [-0.1, -0.05) is 13.8 Å². The molecule has 0 aromatic heterocycles. The van der Waals surface area contributed by atoms with Gasteiger partial charge in [-0.25, -0.2) is 0 Å². The Labute approximate surface area is 85.9 Å². The van der Waals surface area contributed by atoms with Gasteiger partial charge in [-0.05, 0) is 31.6 Å². The van der Waals surface area contributed by atoms with Gasteiger partial charge in [-0.15, -0.1) is 0 Å². The molecular weight excluding hydrogens is 178 g/mol. The fourth-order valence-electron chi connectivity index (χ4n) is 2.59. The van der Waals surface area contributed by atoms with Crippen molar-refractivity contribution in [2.75, 3.05) is 0 Å². The average Bonchev–Trinajstić information content (AvgIpc) is 2.48. The van der Waals surface area contributed by atoms with Crippen LogP contribution in [0, 0.1) is 5.92 Å². The van der Waals surface area contributed by atoms with Gasteiger partial charge in [0.05, 0.1) is 0 Å². The van der Waals surface area contributed by atoms with Crippen molar-refractivity contribution in [1.82, 2.24) is 5.32 Å². The second-order valence-corrected chi connectivity index (χ2v) is 4.07. The smallest absolute Gasteiger partial charge is 0.303 e. The van der Waals surface area contributed by atoms with Gasteiger partial charge in [0.1, 0.15) is 0 Å². The summed E-state index contributed by atoms with van der Waals surface area (Å²) in [4.78, 5) is 10.5. The predicted octanol–water partition coefficient (Wildman–Crippen LogP) is 2.02. The van der Waals surface area contributed by atoms with Crippen LogP contribution in [-0.4, -0.2) is 23.2 Å². The van der Waals surface area contributed by atoms with E-state index < -0.39 is 5.97 Å². The quantitative estimate of drug-likeness (QED) is 0.715. The molecule has 0 amide bonds. The third-order valence-electron chi connectivity index (χ3n) is 3.03. The van der Waals surface area contributed by atoms with E-state index in [1.165, 1.54) is 12.8 Å². The van der Waals surface area contributed by atoms with Crippen LogP contribution in [-0.2, 0) is 4.79 Å².